The Hall–Kier alpha value is -4.19. The molecule has 0 aliphatic carbocycles. The zero-order valence-corrected chi connectivity index (χ0v) is 17.3. The molecule has 5 rings (SSSR count). The zero-order valence-electron chi connectivity index (χ0n) is 17.3. The van der Waals surface area contributed by atoms with Crippen molar-refractivity contribution in [1.29, 1.82) is 0 Å². The van der Waals surface area contributed by atoms with Crippen LogP contribution < -0.4 is 4.74 Å². The Kier molecular flexibility index (Phi) is 4.80. The predicted molar refractivity (Wildman–Crippen MR) is 120 cm³/mol. The first-order valence-electron chi connectivity index (χ1n) is 10.0. The Bertz CT molecular complexity index is 1320. The minimum atomic E-state index is 0.510. The summed E-state index contributed by atoms with van der Waals surface area (Å²) in [5.74, 6) is 2.00. The molecule has 5 aromatic rings. The highest BCUT2D eigenvalue weighted by Gasteiger charge is 2.10. The molecule has 0 aliphatic heterocycles. The van der Waals surface area contributed by atoms with E-state index in [4.69, 9.17) is 4.74 Å². The standard InChI is InChI=1S/C25H21N5O/c1-17-6-3-7-18(2)24(17)30-15-22(28-16-30)21-10-5-11-23(29-21)31-20-9-4-8-19(14-20)25-26-12-13-27-25/h3-16H,1-2H3,(H,26,27). The predicted octanol–water partition coefficient (Wildman–Crippen LogP) is 5.73. The van der Waals surface area contributed by atoms with Gasteiger partial charge in [-0.1, -0.05) is 36.4 Å². The Balaban J connectivity index is 1.42. The van der Waals surface area contributed by atoms with Crippen molar-refractivity contribution in [2.24, 2.45) is 0 Å². The molecule has 0 saturated heterocycles. The van der Waals surface area contributed by atoms with Gasteiger partial charge in [0.2, 0.25) is 5.88 Å². The number of aromatic nitrogens is 5. The summed E-state index contributed by atoms with van der Waals surface area (Å²) in [4.78, 5) is 16.6. The average molecular weight is 407 g/mol. The van der Waals surface area contributed by atoms with Gasteiger partial charge in [0.1, 0.15) is 17.3 Å². The van der Waals surface area contributed by atoms with Crippen LogP contribution in [0.2, 0.25) is 0 Å². The quantitative estimate of drug-likeness (QED) is 0.404. The fourth-order valence-electron chi connectivity index (χ4n) is 3.66. The fourth-order valence-corrected chi connectivity index (χ4v) is 3.66. The second-order valence-electron chi connectivity index (χ2n) is 7.34. The second-order valence-corrected chi connectivity index (χ2v) is 7.34. The summed E-state index contributed by atoms with van der Waals surface area (Å²) in [5, 5.41) is 0. The first-order valence-corrected chi connectivity index (χ1v) is 10.0. The molecule has 0 spiro atoms. The molecular formula is C25H21N5O. The summed E-state index contributed by atoms with van der Waals surface area (Å²) in [6.07, 6.45) is 7.35. The zero-order chi connectivity index (χ0) is 21.2. The first kappa shape index (κ1) is 18.8. The molecule has 0 bridgehead atoms. The largest absolute Gasteiger partial charge is 0.439 e. The number of aromatic amines is 1. The number of ether oxygens (including phenoxy) is 1. The van der Waals surface area contributed by atoms with Crippen LogP contribution in [0.25, 0.3) is 28.5 Å². The highest BCUT2D eigenvalue weighted by Crippen LogP contribution is 2.27. The van der Waals surface area contributed by atoms with E-state index in [9.17, 15) is 0 Å². The van der Waals surface area contributed by atoms with Gasteiger partial charge in [-0.05, 0) is 43.2 Å². The third-order valence-corrected chi connectivity index (χ3v) is 5.09. The van der Waals surface area contributed by atoms with Gasteiger partial charge in [-0.15, -0.1) is 0 Å². The molecule has 31 heavy (non-hydrogen) atoms. The third kappa shape index (κ3) is 3.83. The van der Waals surface area contributed by atoms with Crippen molar-refractivity contribution in [3.05, 3.63) is 96.7 Å². The van der Waals surface area contributed by atoms with Crippen LogP contribution in [0.1, 0.15) is 11.1 Å². The summed E-state index contributed by atoms with van der Waals surface area (Å²) < 4.78 is 8.07. The molecule has 0 unspecified atom stereocenters. The van der Waals surface area contributed by atoms with E-state index in [0.717, 1.165) is 28.5 Å². The molecule has 2 aromatic carbocycles. The van der Waals surface area contributed by atoms with Gasteiger partial charge >= 0.3 is 0 Å². The normalized spacial score (nSPS) is 10.9. The SMILES string of the molecule is Cc1cccc(C)c1-n1cnc(-c2cccc(Oc3cccc(-c4ncc[nH]4)c3)n2)c1. The molecule has 6 nitrogen and oxygen atoms in total. The number of pyridine rings is 1. The number of hydrogen-bond donors (Lipinski definition) is 1. The van der Waals surface area contributed by atoms with E-state index in [1.54, 1.807) is 12.4 Å². The number of rotatable bonds is 5. The van der Waals surface area contributed by atoms with E-state index in [2.05, 4.69) is 52.0 Å². The van der Waals surface area contributed by atoms with Gasteiger partial charge in [-0.2, -0.15) is 0 Å². The summed E-state index contributed by atoms with van der Waals surface area (Å²) in [5.41, 5.74) is 6.03. The van der Waals surface area contributed by atoms with Crippen LogP contribution in [0.3, 0.4) is 0 Å². The lowest BCUT2D eigenvalue weighted by Gasteiger charge is -2.09. The van der Waals surface area contributed by atoms with Crippen molar-refractivity contribution in [2.75, 3.05) is 0 Å². The summed E-state index contributed by atoms with van der Waals surface area (Å²) in [7, 11) is 0. The van der Waals surface area contributed by atoms with Crippen molar-refractivity contribution in [3.8, 4) is 40.1 Å². The van der Waals surface area contributed by atoms with Crippen molar-refractivity contribution < 1.29 is 4.74 Å². The molecule has 0 amide bonds. The first-order chi connectivity index (χ1) is 15.2. The molecule has 0 aliphatic rings. The lowest BCUT2D eigenvalue weighted by molar-refractivity contribution is 0.464. The molecule has 0 radical (unpaired) electrons. The summed E-state index contributed by atoms with van der Waals surface area (Å²) >= 11 is 0. The van der Waals surface area contributed by atoms with E-state index < -0.39 is 0 Å². The second kappa shape index (κ2) is 7.91. The van der Waals surface area contributed by atoms with E-state index in [1.807, 2.05) is 59.6 Å². The minimum absolute atomic E-state index is 0.510. The van der Waals surface area contributed by atoms with Crippen molar-refractivity contribution in [3.63, 3.8) is 0 Å². The molecular weight excluding hydrogens is 386 g/mol. The molecule has 3 aromatic heterocycles. The summed E-state index contributed by atoms with van der Waals surface area (Å²) in [6.45, 7) is 4.21. The number of nitrogens with zero attached hydrogens (tertiary/aromatic N) is 4. The molecule has 0 atom stereocenters. The number of aryl methyl sites for hydroxylation is 2. The van der Waals surface area contributed by atoms with Gasteiger partial charge in [0, 0.05) is 30.2 Å². The lowest BCUT2D eigenvalue weighted by Crippen LogP contribution is -1.96. The van der Waals surface area contributed by atoms with Crippen LogP contribution in [0.5, 0.6) is 11.6 Å². The number of nitrogens with one attached hydrogen (secondary N) is 1. The van der Waals surface area contributed by atoms with E-state index in [-0.39, 0.29) is 0 Å². The van der Waals surface area contributed by atoms with Gasteiger partial charge in [0.05, 0.1) is 17.7 Å². The Morgan fingerprint density at radius 1 is 0.871 bits per heavy atom. The van der Waals surface area contributed by atoms with Gasteiger partial charge in [0.15, 0.2) is 0 Å². The maximum Gasteiger partial charge on any atom is 0.219 e. The molecule has 6 heteroatoms. The van der Waals surface area contributed by atoms with Crippen LogP contribution in [0, 0.1) is 13.8 Å². The monoisotopic (exact) mass is 407 g/mol. The maximum atomic E-state index is 6.02. The maximum absolute atomic E-state index is 6.02. The van der Waals surface area contributed by atoms with Crippen LogP contribution in [0.15, 0.2) is 85.6 Å². The minimum Gasteiger partial charge on any atom is -0.439 e. The summed E-state index contributed by atoms with van der Waals surface area (Å²) in [6, 6.07) is 19.7. The Morgan fingerprint density at radius 3 is 2.48 bits per heavy atom. The number of hydrogen-bond acceptors (Lipinski definition) is 4. The highest BCUT2D eigenvalue weighted by atomic mass is 16.5. The smallest absolute Gasteiger partial charge is 0.219 e. The lowest BCUT2D eigenvalue weighted by atomic mass is 10.1. The fraction of sp³-hybridized carbons (Fsp3) is 0.0800. The third-order valence-electron chi connectivity index (χ3n) is 5.09. The van der Waals surface area contributed by atoms with Crippen LogP contribution >= 0.6 is 0 Å². The van der Waals surface area contributed by atoms with Gasteiger partial charge < -0.3 is 14.3 Å². The van der Waals surface area contributed by atoms with E-state index >= 15 is 0 Å². The number of imidazole rings is 2. The van der Waals surface area contributed by atoms with Gasteiger partial charge in [-0.25, -0.2) is 15.0 Å². The number of benzene rings is 2. The van der Waals surface area contributed by atoms with Crippen LogP contribution in [-0.4, -0.2) is 24.5 Å². The Morgan fingerprint density at radius 2 is 1.68 bits per heavy atom. The molecule has 1 N–H and O–H groups in total. The molecule has 3 heterocycles. The van der Waals surface area contributed by atoms with Crippen molar-refractivity contribution in [1.82, 2.24) is 24.5 Å². The average Bonchev–Trinajstić information content (AvgIpc) is 3.47. The van der Waals surface area contributed by atoms with Crippen molar-refractivity contribution in [2.45, 2.75) is 13.8 Å². The van der Waals surface area contributed by atoms with Crippen LogP contribution in [-0.2, 0) is 0 Å². The highest BCUT2D eigenvalue weighted by molar-refractivity contribution is 5.59. The topological polar surface area (TPSA) is 68.6 Å². The Labute approximate surface area is 180 Å². The van der Waals surface area contributed by atoms with Crippen molar-refractivity contribution >= 4 is 0 Å². The molecule has 152 valence electrons. The number of para-hydroxylation sites is 1. The molecule has 0 saturated carbocycles. The van der Waals surface area contributed by atoms with Gasteiger partial charge in [-0.3, -0.25) is 0 Å². The van der Waals surface area contributed by atoms with Gasteiger partial charge in [0.25, 0.3) is 0 Å². The van der Waals surface area contributed by atoms with Crippen LogP contribution in [0.4, 0.5) is 0 Å². The molecule has 0 fully saturated rings. The number of H-pyrrole nitrogens is 1. The van der Waals surface area contributed by atoms with E-state index in [1.165, 1.54) is 11.1 Å². The van der Waals surface area contributed by atoms with E-state index in [0.29, 0.717) is 11.6 Å².